The molecule has 2 saturated heterocycles. The Kier molecular flexibility index (Phi) is 6.30. The van der Waals surface area contributed by atoms with Gasteiger partial charge in [0.15, 0.2) is 5.82 Å². The van der Waals surface area contributed by atoms with E-state index in [1.807, 2.05) is 41.9 Å². The maximum absolute atomic E-state index is 13.1. The molecule has 2 amide bonds. The molecule has 31 heavy (non-hydrogen) atoms. The van der Waals surface area contributed by atoms with Crippen LogP contribution in [0.5, 0.6) is 0 Å². The monoisotopic (exact) mass is 423 g/mol. The van der Waals surface area contributed by atoms with Crippen LogP contribution in [0.4, 0.5) is 11.5 Å². The fourth-order valence-electron chi connectivity index (χ4n) is 4.88. The van der Waals surface area contributed by atoms with Crippen LogP contribution in [-0.4, -0.2) is 52.2 Å². The van der Waals surface area contributed by atoms with Gasteiger partial charge in [0.2, 0.25) is 11.8 Å². The molecule has 0 spiro atoms. The van der Waals surface area contributed by atoms with Crippen molar-refractivity contribution >= 4 is 23.3 Å². The number of hydrogen-bond donors (Lipinski definition) is 1. The van der Waals surface area contributed by atoms with Crippen LogP contribution >= 0.6 is 0 Å². The van der Waals surface area contributed by atoms with Crippen LogP contribution in [0.25, 0.3) is 5.69 Å². The van der Waals surface area contributed by atoms with Crippen molar-refractivity contribution in [3.8, 4) is 5.69 Å². The van der Waals surface area contributed by atoms with E-state index >= 15 is 0 Å². The van der Waals surface area contributed by atoms with Crippen molar-refractivity contribution in [2.24, 2.45) is 5.92 Å². The summed E-state index contributed by atoms with van der Waals surface area (Å²) < 4.78 is 1.91. The van der Waals surface area contributed by atoms with Crippen LogP contribution in [0.2, 0.25) is 0 Å². The van der Waals surface area contributed by atoms with Gasteiger partial charge in [-0.15, -0.1) is 0 Å². The van der Waals surface area contributed by atoms with Crippen molar-refractivity contribution < 1.29 is 9.59 Å². The molecule has 1 aromatic heterocycles. The lowest BCUT2D eigenvalue weighted by molar-refractivity contribution is -0.139. The van der Waals surface area contributed by atoms with Gasteiger partial charge >= 0.3 is 0 Å². The van der Waals surface area contributed by atoms with Crippen molar-refractivity contribution in [1.29, 1.82) is 0 Å². The molecule has 0 aliphatic carbocycles. The molecule has 1 N–H and O–H groups in total. The molecule has 2 fully saturated rings. The predicted molar refractivity (Wildman–Crippen MR) is 123 cm³/mol. The SMILES string of the molecule is CC(=O)Nc1c(C)nn(-c2ccccc2)c1N1CCC(C(=O)N2CCCCC2C)CC1. The number of piperidine rings is 2. The summed E-state index contributed by atoms with van der Waals surface area (Å²) >= 11 is 0. The number of para-hydroxylation sites is 1. The summed E-state index contributed by atoms with van der Waals surface area (Å²) in [6.45, 7) is 8.04. The Bertz CT molecular complexity index is 931. The van der Waals surface area contributed by atoms with Gasteiger partial charge in [-0.25, -0.2) is 4.68 Å². The van der Waals surface area contributed by atoms with Crippen LogP contribution < -0.4 is 10.2 Å². The van der Waals surface area contributed by atoms with E-state index in [0.29, 0.717) is 11.9 Å². The fraction of sp³-hybridized carbons (Fsp3) is 0.542. The minimum Gasteiger partial charge on any atom is -0.355 e. The highest BCUT2D eigenvalue weighted by atomic mass is 16.2. The molecule has 2 aliphatic rings. The highest BCUT2D eigenvalue weighted by Crippen LogP contribution is 2.35. The van der Waals surface area contributed by atoms with Crippen molar-refractivity contribution in [1.82, 2.24) is 14.7 Å². The molecule has 0 radical (unpaired) electrons. The van der Waals surface area contributed by atoms with Gasteiger partial charge in [-0.05, 0) is 58.1 Å². The van der Waals surface area contributed by atoms with E-state index in [0.717, 1.165) is 68.2 Å². The summed E-state index contributed by atoms with van der Waals surface area (Å²) in [6, 6.07) is 10.3. The van der Waals surface area contributed by atoms with E-state index in [4.69, 9.17) is 5.10 Å². The van der Waals surface area contributed by atoms with Gasteiger partial charge in [0.1, 0.15) is 5.69 Å². The molecule has 2 aliphatic heterocycles. The van der Waals surface area contributed by atoms with Crippen molar-refractivity contribution in [3.63, 3.8) is 0 Å². The quantitative estimate of drug-likeness (QED) is 0.813. The molecule has 3 heterocycles. The smallest absolute Gasteiger partial charge is 0.226 e. The molecule has 1 atom stereocenters. The molecule has 1 unspecified atom stereocenters. The molecule has 0 saturated carbocycles. The molecular weight excluding hydrogens is 390 g/mol. The highest BCUT2D eigenvalue weighted by Gasteiger charge is 2.33. The van der Waals surface area contributed by atoms with E-state index in [2.05, 4.69) is 22.0 Å². The normalized spacial score (nSPS) is 20.0. The third-order valence-electron chi connectivity index (χ3n) is 6.57. The van der Waals surface area contributed by atoms with E-state index < -0.39 is 0 Å². The molecule has 0 bridgehead atoms. The van der Waals surface area contributed by atoms with Gasteiger partial charge in [-0.2, -0.15) is 5.10 Å². The molecule has 7 heteroatoms. The van der Waals surface area contributed by atoms with Crippen LogP contribution in [-0.2, 0) is 9.59 Å². The number of anilines is 2. The Morgan fingerprint density at radius 1 is 1.03 bits per heavy atom. The van der Waals surface area contributed by atoms with Crippen LogP contribution in [0.15, 0.2) is 30.3 Å². The Labute approximate surface area is 184 Å². The topological polar surface area (TPSA) is 70.5 Å². The van der Waals surface area contributed by atoms with Gasteiger partial charge < -0.3 is 15.1 Å². The van der Waals surface area contributed by atoms with Crippen molar-refractivity contribution in [2.75, 3.05) is 29.9 Å². The Hall–Kier alpha value is -2.83. The third-order valence-corrected chi connectivity index (χ3v) is 6.57. The second kappa shape index (κ2) is 9.12. The first-order valence-electron chi connectivity index (χ1n) is 11.4. The zero-order valence-corrected chi connectivity index (χ0v) is 18.8. The van der Waals surface area contributed by atoms with E-state index in [9.17, 15) is 9.59 Å². The first kappa shape index (κ1) is 21.4. The van der Waals surface area contributed by atoms with Crippen molar-refractivity contribution in [2.45, 2.75) is 58.9 Å². The van der Waals surface area contributed by atoms with Crippen LogP contribution in [0.1, 0.15) is 51.6 Å². The van der Waals surface area contributed by atoms with Gasteiger partial charge in [0.05, 0.1) is 11.4 Å². The number of carbonyl (C=O) groups is 2. The number of benzene rings is 1. The summed E-state index contributed by atoms with van der Waals surface area (Å²) in [5.41, 5.74) is 2.50. The predicted octanol–water partition coefficient (Wildman–Crippen LogP) is 3.76. The number of carbonyl (C=O) groups excluding carboxylic acids is 2. The zero-order valence-electron chi connectivity index (χ0n) is 18.8. The maximum atomic E-state index is 13.1. The summed E-state index contributed by atoms with van der Waals surface area (Å²) in [4.78, 5) is 29.4. The van der Waals surface area contributed by atoms with Gasteiger partial charge in [0.25, 0.3) is 0 Å². The van der Waals surface area contributed by atoms with Crippen LogP contribution in [0.3, 0.4) is 0 Å². The number of hydrogen-bond acceptors (Lipinski definition) is 4. The van der Waals surface area contributed by atoms with Crippen molar-refractivity contribution in [3.05, 3.63) is 36.0 Å². The fourth-order valence-corrected chi connectivity index (χ4v) is 4.88. The second-order valence-corrected chi connectivity index (χ2v) is 8.85. The number of nitrogens with one attached hydrogen (secondary N) is 1. The third kappa shape index (κ3) is 4.45. The summed E-state index contributed by atoms with van der Waals surface area (Å²) in [5.74, 6) is 1.19. The molecule has 166 valence electrons. The number of rotatable bonds is 4. The summed E-state index contributed by atoms with van der Waals surface area (Å²) in [5, 5.41) is 7.71. The highest BCUT2D eigenvalue weighted by molar-refractivity contribution is 5.93. The Morgan fingerprint density at radius 2 is 1.74 bits per heavy atom. The lowest BCUT2D eigenvalue weighted by atomic mass is 9.93. The minimum atomic E-state index is -0.110. The maximum Gasteiger partial charge on any atom is 0.226 e. The van der Waals surface area contributed by atoms with Gasteiger partial charge in [0, 0.05) is 38.5 Å². The zero-order chi connectivity index (χ0) is 22.0. The number of likely N-dealkylation sites (tertiary alicyclic amines) is 1. The number of nitrogens with zero attached hydrogens (tertiary/aromatic N) is 4. The van der Waals surface area contributed by atoms with E-state index in [-0.39, 0.29) is 11.8 Å². The molecule has 7 nitrogen and oxygen atoms in total. The van der Waals surface area contributed by atoms with Gasteiger partial charge in [-0.1, -0.05) is 18.2 Å². The average molecular weight is 424 g/mol. The van der Waals surface area contributed by atoms with Crippen LogP contribution in [0, 0.1) is 12.8 Å². The standard InChI is InChI=1S/C24H33N5O2/c1-17-9-7-8-14-28(17)24(31)20-12-15-27(16-13-20)23-22(25-19(3)30)18(2)26-29(23)21-10-5-4-6-11-21/h4-6,10-11,17,20H,7-9,12-16H2,1-3H3,(H,25,30). The first-order chi connectivity index (χ1) is 15.0. The van der Waals surface area contributed by atoms with E-state index in [1.165, 1.54) is 13.3 Å². The second-order valence-electron chi connectivity index (χ2n) is 8.85. The average Bonchev–Trinajstić information content (AvgIpc) is 3.10. The number of aryl methyl sites for hydroxylation is 1. The lowest BCUT2D eigenvalue weighted by Crippen LogP contribution is -2.48. The molecule has 2 aromatic rings. The summed E-state index contributed by atoms with van der Waals surface area (Å²) in [6.07, 6.45) is 5.09. The number of aromatic nitrogens is 2. The van der Waals surface area contributed by atoms with Gasteiger partial charge in [-0.3, -0.25) is 9.59 Å². The molecule has 1 aromatic carbocycles. The Balaban J connectivity index is 1.56. The first-order valence-corrected chi connectivity index (χ1v) is 11.4. The minimum absolute atomic E-state index is 0.0789. The summed E-state index contributed by atoms with van der Waals surface area (Å²) in [7, 11) is 0. The Morgan fingerprint density at radius 3 is 2.39 bits per heavy atom. The lowest BCUT2D eigenvalue weighted by Gasteiger charge is -2.39. The molecular formula is C24H33N5O2. The molecule has 4 rings (SSSR count). The largest absolute Gasteiger partial charge is 0.355 e. The number of amides is 2. The van der Waals surface area contributed by atoms with E-state index in [1.54, 1.807) is 0 Å².